The highest BCUT2D eigenvalue weighted by atomic mass is 16.2. The molecule has 1 fully saturated rings. The molecule has 0 spiro atoms. The second-order valence-corrected chi connectivity index (χ2v) is 8.57. The van der Waals surface area contributed by atoms with Gasteiger partial charge in [-0.05, 0) is 53.3 Å². The van der Waals surface area contributed by atoms with E-state index >= 15 is 0 Å². The van der Waals surface area contributed by atoms with Gasteiger partial charge < -0.3 is 0 Å². The largest absolute Gasteiger partial charge is 0.274 e. The van der Waals surface area contributed by atoms with E-state index < -0.39 is 0 Å². The lowest BCUT2D eigenvalue weighted by molar-refractivity contribution is -0.122. The standard InChI is InChI=1S/C26H21NO2/c1-14-11-12-15(2)20(13-14)27-25(28)23-21-16-7-3-4-8-17(16)22(24(23)26(27)29)19-10-6-5-9-18(19)21/h3-13,21-24H,1-2H3. The molecule has 3 nitrogen and oxygen atoms in total. The number of aryl methyl sites for hydroxylation is 2. The van der Waals surface area contributed by atoms with Gasteiger partial charge in [0.15, 0.2) is 0 Å². The van der Waals surface area contributed by atoms with E-state index in [1.54, 1.807) is 0 Å². The minimum Gasteiger partial charge on any atom is -0.274 e. The van der Waals surface area contributed by atoms with Crippen molar-refractivity contribution in [1.82, 2.24) is 0 Å². The molecule has 0 saturated carbocycles. The van der Waals surface area contributed by atoms with Crippen LogP contribution < -0.4 is 4.90 Å². The normalized spacial score (nSPS) is 26.3. The summed E-state index contributed by atoms with van der Waals surface area (Å²) in [5.41, 5.74) is 7.58. The fraction of sp³-hybridized carbons (Fsp3) is 0.231. The third-order valence-corrected chi connectivity index (χ3v) is 7.05. The highest BCUT2D eigenvalue weighted by Gasteiger charge is 2.61. The summed E-state index contributed by atoms with van der Waals surface area (Å²) < 4.78 is 0. The maximum atomic E-state index is 13.7. The summed E-state index contributed by atoms with van der Waals surface area (Å²) >= 11 is 0. The molecule has 29 heavy (non-hydrogen) atoms. The van der Waals surface area contributed by atoms with Gasteiger partial charge in [0, 0.05) is 11.8 Å². The molecule has 142 valence electrons. The summed E-state index contributed by atoms with van der Waals surface area (Å²) in [6.07, 6.45) is 0. The summed E-state index contributed by atoms with van der Waals surface area (Å²) in [7, 11) is 0. The molecule has 3 heteroatoms. The van der Waals surface area contributed by atoms with Crippen LogP contribution in [0.25, 0.3) is 0 Å². The Hall–Kier alpha value is -3.20. The van der Waals surface area contributed by atoms with Crippen LogP contribution in [0.15, 0.2) is 66.7 Å². The third-order valence-electron chi connectivity index (χ3n) is 7.05. The van der Waals surface area contributed by atoms with Gasteiger partial charge in [-0.15, -0.1) is 0 Å². The molecular weight excluding hydrogens is 358 g/mol. The van der Waals surface area contributed by atoms with E-state index in [9.17, 15) is 9.59 Å². The van der Waals surface area contributed by atoms with Crippen molar-refractivity contribution in [3.63, 3.8) is 0 Å². The maximum absolute atomic E-state index is 13.7. The van der Waals surface area contributed by atoms with Crippen molar-refractivity contribution in [2.75, 3.05) is 4.90 Å². The molecule has 0 aromatic heterocycles. The van der Waals surface area contributed by atoms with E-state index in [0.717, 1.165) is 16.8 Å². The molecule has 2 bridgehead atoms. The zero-order chi connectivity index (χ0) is 19.9. The first kappa shape index (κ1) is 16.7. The molecule has 0 radical (unpaired) electrons. The van der Waals surface area contributed by atoms with Crippen LogP contribution in [0.2, 0.25) is 0 Å². The van der Waals surface area contributed by atoms with Crippen molar-refractivity contribution < 1.29 is 9.59 Å². The van der Waals surface area contributed by atoms with E-state index in [0.29, 0.717) is 0 Å². The lowest BCUT2D eigenvalue weighted by Crippen LogP contribution is -2.41. The molecule has 3 aromatic carbocycles. The quantitative estimate of drug-likeness (QED) is 0.575. The second kappa shape index (κ2) is 5.66. The average molecular weight is 379 g/mol. The average Bonchev–Trinajstić information content (AvgIpc) is 3.01. The summed E-state index contributed by atoms with van der Waals surface area (Å²) in [4.78, 5) is 28.9. The second-order valence-electron chi connectivity index (χ2n) is 8.57. The van der Waals surface area contributed by atoms with E-state index in [-0.39, 0.29) is 35.5 Å². The predicted octanol–water partition coefficient (Wildman–Crippen LogP) is 4.70. The molecule has 0 N–H and O–H groups in total. The third kappa shape index (κ3) is 2.02. The predicted molar refractivity (Wildman–Crippen MR) is 112 cm³/mol. The Balaban J connectivity index is 1.58. The number of imide groups is 1. The summed E-state index contributed by atoms with van der Waals surface area (Å²) in [5.74, 6) is -0.845. The minimum atomic E-state index is -0.322. The van der Waals surface area contributed by atoms with Gasteiger partial charge in [-0.3, -0.25) is 9.59 Å². The fourth-order valence-electron chi connectivity index (χ4n) is 5.88. The van der Waals surface area contributed by atoms with Crippen LogP contribution in [0.5, 0.6) is 0 Å². The van der Waals surface area contributed by atoms with Gasteiger partial charge in [0.25, 0.3) is 0 Å². The number of hydrogen-bond acceptors (Lipinski definition) is 2. The molecule has 2 amide bonds. The molecular formula is C26H21NO2. The van der Waals surface area contributed by atoms with Gasteiger partial charge in [0.05, 0.1) is 17.5 Å². The summed E-state index contributed by atoms with van der Waals surface area (Å²) in [6.45, 7) is 3.96. The lowest BCUT2D eigenvalue weighted by atomic mass is 9.55. The zero-order valence-electron chi connectivity index (χ0n) is 16.4. The van der Waals surface area contributed by atoms with Crippen molar-refractivity contribution in [2.45, 2.75) is 25.7 Å². The van der Waals surface area contributed by atoms with Crippen molar-refractivity contribution in [3.8, 4) is 0 Å². The Kier molecular flexibility index (Phi) is 3.27. The molecule has 1 saturated heterocycles. The molecule has 2 atom stereocenters. The van der Waals surface area contributed by atoms with E-state index in [1.807, 2.05) is 56.3 Å². The molecule has 4 aliphatic rings. The Morgan fingerprint density at radius 3 is 1.55 bits per heavy atom. The molecule has 7 rings (SSSR count). The molecule has 3 aromatic rings. The summed E-state index contributed by atoms with van der Waals surface area (Å²) in [6, 6.07) is 22.7. The van der Waals surface area contributed by atoms with Gasteiger partial charge in [-0.1, -0.05) is 60.7 Å². The van der Waals surface area contributed by atoms with Crippen molar-refractivity contribution >= 4 is 17.5 Å². The van der Waals surface area contributed by atoms with E-state index in [1.165, 1.54) is 27.2 Å². The van der Waals surface area contributed by atoms with Crippen LogP contribution in [-0.4, -0.2) is 11.8 Å². The highest BCUT2D eigenvalue weighted by molar-refractivity contribution is 6.23. The molecule has 1 aliphatic heterocycles. The van der Waals surface area contributed by atoms with Crippen molar-refractivity contribution in [2.24, 2.45) is 11.8 Å². The van der Waals surface area contributed by atoms with Crippen LogP contribution in [0.4, 0.5) is 5.69 Å². The van der Waals surface area contributed by atoms with Gasteiger partial charge in [0.1, 0.15) is 0 Å². The van der Waals surface area contributed by atoms with Crippen molar-refractivity contribution in [1.29, 1.82) is 0 Å². The van der Waals surface area contributed by atoms with Crippen LogP contribution in [0.3, 0.4) is 0 Å². The SMILES string of the molecule is Cc1ccc(C)c(N2C(=O)C3C4c5ccccc5C(c5ccccc54)C3C2=O)c1. The Bertz CT molecular complexity index is 1100. The first-order valence-electron chi connectivity index (χ1n) is 10.2. The van der Waals surface area contributed by atoms with Gasteiger partial charge in [-0.25, -0.2) is 4.90 Å². The van der Waals surface area contributed by atoms with Crippen LogP contribution in [0, 0.1) is 25.7 Å². The summed E-state index contributed by atoms with van der Waals surface area (Å²) in [5, 5.41) is 0. The van der Waals surface area contributed by atoms with E-state index in [4.69, 9.17) is 0 Å². The molecule has 1 heterocycles. The number of benzene rings is 3. The van der Waals surface area contributed by atoms with E-state index in [2.05, 4.69) is 24.3 Å². The maximum Gasteiger partial charge on any atom is 0.238 e. The van der Waals surface area contributed by atoms with Crippen molar-refractivity contribution in [3.05, 3.63) is 100 Å². The smallest absolute Gasteiger partial charge is 0.238 e. The number of hydrogen-bond donors (Lipinski definition) is 0. The minimum absolute atomic E-state index is 0.0484. The fourth-order valence-corrected chi connectivity index (χ4v) is 5.88. The monoisotopic (exact) mass is 379 g/mol. The Morgan fingerprint density at radius 1 is 0.655 bits per heavy atom. The lowest BCUT2D eigenvalue weighted by Gasteiger charge is -2.45. The number of nitrogens with zero attached hydrogens (tertiary/aromatic N) is 1. The van der Waals surface area contributed by atoms with Gasteiger partial charge in [0.2, 0.25) is 11.8 Å². The Labute approximate surface area is 170 Å². The number of carbonyl (C=O) groups is 2. The van der Waals surface area contributed by atoms with Crippen LogP contribution in [-0.2, 0) is 9.59 Å². The first-order chi connectivity index (χ1) is 14.1. The number of rotatable bonds is 1. The highest BCUT2D eigenvalue weighted by Crippen LogP contribution is 2.61. The zero-order valence-corrected chi connectivity index (χ0v) is 16.4. The first-order valence-corrected chi connectivity index (χ1v) is 10.2. The van der Waals surface area contributed by atoms with Crippen LogP contribution >= 0.6 is 0 Å². The Morgan fingerprint density at radius 2 is 1.10 bits per heavy atom. The topological polar surface area (TPSA) is 37.4 Å². The molecule has 2 unspecified atom stereocenters. The number of amides is 2. The number of anilines is 1. The number of carbonyl (C=O) groups excluding carboxylic acids is 2. The van der Waals surface area contributed by atoms with Crippen LogP contribution in [0.1, 0.15) is 45.2 Å². The van der Waals surface area contributed by atoms with Gasteiger partial charge in [-0.2, -0.15) is 0 Å². The molecule has 3 aliphatic carbocycles. The van der Waals surface area contributed by atoms with Gasteiger partial charge >= 0.3 is 0 Å².